The molecule has 5 aromatic rings. The number of aryl methyl sites for hydroxylation is 1. The number of methoxy groups -OCH3 is 1. The van der Waals surface area contributed by atoms with Crippen molar-refractivity contribution < 1.29 is 9.15 Å². The van der Waals surface area contributed by atoms with Crippen molar-refractivity contribution in [2.75, 3.05) is 7.11 Å². The average molecular weight is 432 g/mol. The highest BCUT2D eigenvalue weighted by Crippen LogP contribution is 2.29. The minimum absolute atomic E-state index is 0.541. The van der Waals surface area contributed by atoms with E-state index in [0.717, 1.165) is 39.4 Å². The molecule has 4 heterocycles. The predicted molar refractivity (Wildman–Crippen MR) is 119 cm³/mol. The van der Waals surface area contributed by atoms with E-state index in [0.29, 0.717) is 12.3 Å². The van der Waals surface area contributed by atoms with Crippen molar-refractivity contribution >= 4 is 17.4 Å². The van der Waals surface area contributed by atoms with Gasteiger partial charge in [0.25, 0.3) is 0 Å². The van der Waals surface area contributed by atoms with Gasteiger partial charge in [-0.2, -0.15) is 0 Å². The summed E-state index contributed by atoms with van der Waals surface area (Å²) in [4.78, 5) is 4.71. The molecule has 4 aromatic heterocycles. The molecule has 0 aliphatic rings. The van der Waals surface area contributed by atoms with Gasteiger partial charge in [0.2, 0.25) is 0 Å². The molecule has 0 saturated heterocycles. The summed E-state index contributed by atoms with van der Waals surface area (Å²) < 4.78 is 15.1. The lowest BCUT2D eigenvalue weighted by Gasteiger charge is -2.09. The summed E-state index contributed by atoms with van der Waals surface area (Å²) in [7, 11) is 1.66. The van der Waals surface area contributed by atoms with Crippen LogP contribution in [0.4, 0.5) is 0 Å². The van der Waals surface area contributed by atoms with Crippen LogP contribution in [0.3, 0.4) is 0 Å². The smallest absolute Gasteiger partial charge is 0.192 e. The molecule has 0 saturated carbocycles. The molecule has 0 amide bonds. The SMILES string of the molecule is COc1cccc(-c2nnc(SCc3cn4cc(C)ccc4n3)n2Cc2ccco2)c1. The second-order valence-electron chi connectivity index (χ2n) is 7.20. The number of imidazole rings is 1. The number of ether oxygens (including phenoxy) is 1. The van der Waals surface area contributed by atoms with Crippen LogP contribution in [0.2, 0.25) is 0 Å². The van der Waals surface area contributed by atoms with Crippen LogP contribution in [0.1, 0.15) is 17.0 Å². The third-order valence-electron chi connectivity index (χ3n) is 4.94. The standard InChI is InChI=1S/C23H21N5O2S/c1-16-8-9-21-24-18(13-27(21)12-16)15-31-23-26-25-22(17-5-3-6-19(11-17)29-2)28(23)14-20-7-4-10-30-20/h3-13H,14-15H2,1-2H3. The first-order chi connectivity index (χ1) is 15.2. The maximum Gasteiger partial charge on any atom is 0.192 e. The van der Waals surface area contributed by atoms with Crippen molar-refractivity contribution in [2.45, 2.75) is 24.4 Å². The Bertz CT molecular complexity index is 1320. The summed E-state index contributed by atoms with van der Waals surface area (Å²) >= 11 is 1.61. The number of thioether (sulfide) groups is 1. The highest BCUT2D eigenvalue weighted by Gasteiger charge is 2.17. The number of aromatic nitrogens is 5. The van der Waals surface area contributed by atoms with Crippen LogP contribution in [0, 0.1) is 6.92 Å². The van der Waals surface area contributed by atoms with Crippen molar-refractivity contribution in [3.05, 3.63) is 84.2 Å². The van der Waals surface area contributed by atoms with E-state index < -0.39 is 0 Å². The minimum atomic E-state index is 0.541. The number of nitrogens with zero attached hydrogens (tertiary/aromatic N) is 5. The van der Waals surface area contributed by atoms with Crippen molar-refractivity contribution in [1.82, 2.24) is 24.1 Å². The molecule has 1 aromatic carbocycles. The Kier molecular flexibility index (Phi) is 5.21. The van der Waals surface area contributed by atoms with Crippen LogP contribution in [0.15, 0.2) is 76.8 Å². The first kappa shape index (κ1) is 19.4. The number of rotatable bonds is 7. The van der Waals surface area contributed by atoms with Gasteiger partial charge < -0.3 is 13.6 Å². The van der Waals surface area contributed by atoms with Crippen LogP contribution in [-0.4, -0.2) is 31.3 Å². The van der Waals surface area contributed by atoms with Gasteiger partial charge >= 0.3 is 0 Å². The number of fused-ring (bicyclic) bond motifs is 1. The molecule has 0 radical (unpaired) electrons. The maximum atomic E-state index is 5.59. The monoisotopic (exact) mass is 431 g/mol. The van der Waals surface area contributed by atoms with Crippen LogP contribution in [-0.2, 0) is 12.3 Å². The van der Waals surface area contributed by atoms with Crippen LogP contribution >= 0.6 is 11.8 Å². The van der Waals surface area contributed by atoms with E-state index in [-0.39, 0.29) is 0 Å². The summed E-state index contributed by atoms with van der Waals surface area (Å²) in [6.07, 6.45) is 5.82. The van der Waals surface area contributed by atoms with Crippen LogP contribution in [0.25, 0.3) is 17.0 Å². The first-order valence-corrected chi connectivity index (χ1v) is 10.9. The van der Waals surface area contributed by atoms with Crippen molar-refractivity contribution in [1.29, 1.82) is 0 Å². The molecule has 7 nitrogen and oxygen atoms in total. The molecule has 0 unspecified atom stereocenters. The molecule has 31 heavy (non-hydrogen) atoms. The fourth-order valence-corrected chi connectivity index (χ4v) is 4.26. The van der Waals surface area contributed by atoms with Gasteiger partial charge in [-0.3, -0.25) is 4.57 Å². The van der Waals surface area contributed by atoms with Gasteiger partial charge in [-0.25, -0.2) is 4.98 Å². The van der Waals surface area contributed by atoms with Gasteiger partial charge in [-0.15, -0.1) is 10.2 Å². The molecule has 0 atom stereocenters. The quantitative estimate of drug-likeness (QED) is 0.343. The first-order valence-electron chi connectivity index (χ1n) is 9.86. The Hall–Kier alpha value is -3.52. The molecule has 5 rings (SSSR count). The van der Waals surface area contributed by atoms with Crippen LogP contribution < -0.4 is 4.74 Å². The lowest BCUT2D eigenvalue weighted by molar-refractivity contribution is 0.415. The van der Waals surface area contributed by atoms with Gasteiger partial charge in [-0.1, -0.05) is 30.0 Å². The zero-order chi connectivity index (χ0) is 21.2. The third kappa shape index (κ3) is 4.06. The highest BCUT2D eigenvalue weighted by molar-refractivity contribution is 7.98. The number of pyridine rings is 1. The molecular formula is C23H21N5O2S. The Morgan fingerprint density at radius 1 is 1.06 bits per heavy atom. The summed E-state index contributed by atoms with van der Waals surface area (Å²) in [5.41, 5.74) is 4.07. The Labute approximate surface area is 183 Å². The van der Waals surface area contributed by atoms with E-state index >= 15 is 0 Å². The van der Waals surface area contributed by atoms with Gasteiger partial charge in [-0.05, 0) is 42.8 Å². The Balaban J connectivity index is 1.46. The Morgan fingerprint density at radius 3 is 2.84 bits per heavy atom. The second-order valence-corrected chi connectivity index (χ2v) is 8.14. The third-order valence-corrected chi connectivity index (χ3v) is 5.94. The lowest BCUT2D eigenvalue weighted by Crippen LogP contribution is -2.03. The van der Waals surface area contributed by atoms with Gasteiger partial charge in [0, 0.05) is 23.7 Å². The van der Waals surface area contributed by atoms with Crippen molar-refractivity contribution in [2.24, 2.45) is 0 Å². The van der Waals surface area contributed by atoms with Crippen molar-refractivity contribution in [3.8, 4) is 17.1 Å². The van der Waals surface area contributed by atoms with Gasteiger partial charge in [0.1, 0.15) is 17.2 Å². The molecule has 0 spiro atoms. The normalized spacial score (nSPS) is 11.3. The summed E-state index contributed by atoms with van der Waals surface area (Å²) in [6.45, 7) is 2.62. The van der Waals surface area contributed by atoms with E-state index in [1.807, 2.05) is 42.5 Å². The average Bonchev–Trinajstić information content (AvgIpc) is 3.52. The molecule has 0 N–H and O–H groups in total. The molecular weight excluding hydrogens is 410 g/mol. The molecule has 156 valence electrons. The topological polar surface area (TPSA) is 70.4 Å². The number of furan rings is 1. The number of hydrogen-bond donors (Lipinski definition) is 0. The molecule has 8 heteroatoms. The molecule has 0 aliphatic heterocycles. The summed E-state index contributed by atoms with van der Waals surface area (Å²) in [6, 6.07) is 15.8. The van der Waals surface area contributed by atoms with Gasteiger partial charge in [0.05, 0.1) is 25.6 Å². The summed E-state index contributed by atoms with van der Waals surface area (Å²) in [5.74, 6) is 3.08. The minimum Gasteiger partial charge on any atom is -0.497 e. The fourth-order valence-electron chi connectivity index (χ4n) is 3.44. The maximum absolute atomic E-state index is 5.59. The van der Waals surface area contributed by atoms with E-state index in [2.05, 4.69) is 44.5 Å². The molecule has 0 aliphatic carbocycles. The van der Waals surface area contributed by atoms with Crippen molar-refractivity contribution in [3.63, 3.8) is 0 Å². The predicted octanol–water partition coefficient (Wildman–Crippen LogP) is 4.84. The second kappa shape index (κ2) is 8.31. The highest BCUT2D eigenvalue weighted by atomic mass is 32.2. The number of hydrogen-bond acceptors (Lipinski definition) is 6. The fraction of sp³-hybridized carbons (Fsp3) is 0.174. The number of benzene rings is 1. The van der Waals surface area contributed by atoms with Gasteiger partial charge in [0.15, 0.2) is 11.0 Å². The largest absolute Gasteiger partial charge is 0.497 e. The van der Waals surface area contributed by atoms with E-state index in [9.17, 15) is 0 Å². The Morgan fingerprint density at radius 2 is 2.00 bits per heavy atom. The molecule has 0 fully saturated rings. The van der Waals surface area contributed by atoms with E-state index in [1.165, 1.54) is 5.56 Å². The van der Waals surface area contributed by atoms with Crippen LogP contribution in [0.5, 0.6) is 5.75 Å². The zero-order valence-electron chi connectivity index (χ0n) is 17.2. The van der Waals surface area contributed by atoms with E-state index in [1.54, 1.807) is 25.1 Å². The summed E-state index contributed by atoms with van der Waals surface area (Å²) in [5, 5.41) is 9.76. The zero-order valence-corrected chi connectivity index (χ0v) is 18.0. The lowest BCUT2D eigenvalue weighted by atomic mass is 10.2. The van der Waals surface area contributed by atoms with E-state index in [4.69, 9.17) is 14.1 Å². The molecule has 0 bridgehead atoms.